The number of aromatic nitrogens is 3. The fourth-order valence-corrected chi connectivity index (χ4v) is 3.09. The van der Waals surface area contributed by atoms with E-state index in [-0.39, 0.29) is 12.1 Å². The standard InChI is InChI=1S/C20H18F3N3O3/c1-2-28-17-9-18-24-15(12-6-7-12)11-26(18)10-13(17)8-16(27)14-4-3-5-19(25-14)29-20(21,22)23/h3-5,9-12H,2,6-8H2,1H3. The molecule has 0 saturated heterocycles. The Balaban J connectivity index is 1.61. The lowest BCUT2D eigenvalue weighted by Crippen LogP contribution is -2.18. The molecule has 6 nitrogen and oxygen atoms in total. The molecule has 0 radical (unpaired) electrons. The minimum Gasteiger partial charge on any atom is -0.493 e. The second-order valence-electron chi connectivity index (χ2n) is 6.81. The predicted molar refractivity (Wildman–Crippen MR) is 97.3 cm³/mol. The smallest absolute Gasteiger partial charge is 0.493 e. The van der Waals surface area contributed by atoms with Gasteiger partial charge in [0.25, 0.3) is 0 Å². The molecule has 0 unspecified atom stereocenters. The van der Waals surface area contributed by atoms with Crippen LogP contribution >= 0.6 is 0 Å². The first-order valence-corrected chi connectivity index (χ1v) is 9.22. The summed E-state index contributed by atoms with van der Waals surface area (Å²) in [5, 5.41) is 0. The highest BCUT2D eigenvalue weighted by molar-refractivity contribution is 5.96. The average molecular weight is 405 g/mol. The number of ether oxygens (including phenoxy) is 2. The summed E-state index contributed by atoms with van der Waals surface area (Å²) in [7, 11) is 0. The largest absolute Gasteiger partial charge is 0.574 e. The molecule has 9 heteroatoms. The number of carbonyl (C=O) groups is 1. The van der Waals surface area contributed by atoms with Crippen LogP contribution in [0.1, 0.15) is 47.4 Å². The number of hydrogen-bond donors (Lipinski definition) is 0. The van der Waals surface area contributed by atoms with Crippen LogP contribution in [0.3, 0.4) is 0 Å². The lowest BCUT2D eigenvalue weighted by atomic mass is 10.1. The minimum atomic E-state index is -4.87. The summed E-state index contributed by atoms with van der Waals surface area (Å²) in [6.45, 7) is 2.23. The SMILES string of the molecule is CCOc1cc2nc(C3CC3)cn2cc1CC(=O)c1cccc(OC(F)(F)F)n1. The number of alkyl halides is 3. The van der Waals surface area contributed by atoms with Gasteiger partial charge in [0.1, 0.15) is 17.1 Å². The lowest BCUT2D eigenvalue weighted by Gasteiger charge is -2.11. The van der Waals surface area contributed by atoms with Crippen LogP contribution in [0.25, 0.3) is 5.65 Å². The van der Waals surface area contributed by atoms with Crippen molar-refractivity contribution >= 4 is 11.4 Å². The van der Waals surface area contributed by atoms with E-state index in [2.05, 4.69) is 14.7 Å². The monoisotopic (exact) mass is 405 g/mol. The molecule has 152 valence electrons. The van der Waals surface area contributed by atoms with Crippen LogP contribution in [-0.2, 0) is 6.42 Å². The molecule has 3 aromatic rings. The van der Waals surface area contributed by atoms with E-state index in [0.29, 0.717) is 23.8 Å². The molecule has 0 spiro atoms. The number of halogens is 3. The van der Waals surface area contributed by atoms with Crippen molar-refractivity contribution in [1.29, 1.82) is 0 Å². The second-order valence-corrected chi connectivity index (χ2v) is 6.81. The third-order valence-corrected chi connectivity index (χ3v) is 4.53. The highest BCUT2D eigenvalue weighted by atomic mass is 19.4. The summed E-state index contributed by atoms with van der Waals surface area (Å²) < 4.78 is 48.5. The molecule has 4 rings (SSSR count). The number of ketones is 1. The van der Waals surface area contributed by atoms with Crippen molar-refractivity contribution in [3.63, 3.8) is 0 Å². The summed E-state index contributed by atoms with van der Waals surface area (Å²) in [5.74, 6) is -0.118. The zero-order valence-corrected chi connectivity index (χ0v) is 15.6. The topological polar surface area (TPSA) is 65.7 Å². The molecule has 0 aliphatic heterocycles. The third-order valence-electron chi connectivity index (χ3n) is 4.53. The summed E-state index contributed by atoms with van der Waals surface area (Å²) >= 11 is 0. The number of rotatable bonds is 7. The van der Waals surface area contributed by atoms with E-state index in [4.69, 9.17) is 4.74 Å². The van der Waals surface area contributed by atoms with Crippen molar-refractivity contribution in [2.45, 2.75) is 38.5 Å². The van der Waals surface area contributed by atoms with Gasteiger partial charge < -0.3 is 13.9 Å². The average Bonchev–Trinajstić information content (AvgIpc) is 3.41. The van der Waals surface area contributed by atoms with E-state index in [1.54, 1.807) is 12.3 Å². The Kier molecular flexibility index (Phi) is 4.89. The minimum absolute atomic E-state index is 0.0787. The summed E-state index contributed by atoms with van der Waals surface area (Å²) in [4.78, 5) is 20.9. The second kappa shape index (κ2) is 7.38. The van der Waals surface area contributed by atoms with Gasteiger partial charge in [-0.25, -0.2) is 9.97 Å². The zero-order valence-electron chi connectivity index (χ0n) is 15.6. The van der Waals surface area contributed by atoms with Crippen LogP contribution in [0.2, 0.25) is 0 Å². The van der Waals surface area contributed by atoms with E-state index in [1.807, 2.05) is 17.5 Å². The Morgan fingerprint density at radius 1 is 1.24 bits per heavy atom. The van der Waals surface area contributed by atoms with E-state index in [9.17, 15) is 18.0 Å². The van der Waals surface area contributed by atoms with Gasteiger partial charge in [0, 0.05) is 42.4 Å². The summed E-state index contributed by atoms with van der Waals surface area (Å²) in [5.41, 5.74) is 2.23. The van der Waals surface area contributed by atoms with Crippen LogP contribution in [0.4, 0.5) is 13.2 Å². The number of fused-ring (bicyclic) bond motifs is 1. The van der Waals surface area contributed by atoms with E-state index in [1.165, 1.54) is 12.1 Å². The van der Waals surface area contributed by atoms with E-state index < -0.39 is 18.0 Å². The van der Waals surface area contributed by atoms with Gasteiger partial charge in [-0.05, 0) is 25.8 Å². The normalized spacial score (nSPS) is 14.2. The Bertz CT molecular complexity index is 1060. The quantitative estimate of drug-likeness (QED) is 0.548. The van der Waals surface area contributed by atoms with Crippen molar-refractivity contribution in [3.8, 4) is 11.6 Å². The van der Waals surface area contributed by atoms with Gasteiger partial charge in [-0.1, -0.05) is 6.07 Å². The highest BCUT2D eigenvalue weighted by Crippen LogP contribution is 2.39. The third kappa shape index (κ3) is 4.49. The van der Waals surface area contributed by atoms with Crippen molar-refractivity contribution in [1.82, 2.24) is 14.4 Å². The Morgan fingerprint density at radius 3 is 2.72 bits per heavy atom. The first-order chi connectivity index (χ1) is 13.8. The van der Waals surface area contributed by atoms with Crippen LogP contribution in [0, 0.1) is 0 Å². The molecule has 0 amide bonds. The lowest BCUT2D eigenvalue weighted by molar-refractivity contribution is -0.276. The maximum absolute atomic E-state index is 12.7. The summed E-state index contributed by atoms with van der Waals surface area (Å²) in [6, 6.07) is 5.47. The van der Waals surface area contributed by atoms with E-state index in [0.717, 1.165) is 30.2 Å². The van der Waals surface area contributed by atoms with Crippen LogP contribution in [0.15, 0.2) is 36.7 Å². The number of hydrogen-bond acceptors (Lipinski definition) is 5. The van der Waals surface area contributed by atoms with Crippen molar-refractivity contribution < 1.29 is 27.4 Å². The molecule has 29 heavy (non-hydrogen) atoms. The number of carbonyl (C=O) groups excluding carboxylic acids is 1. The van der Waals surface area contributed by atoms with Crippen LogP contribution < -0.4 is 9.47 Å². The molecule has 0 aromatic carbocycles. The predicted octanol–water partition coefficient (Wildman–Crippen LogP) is 4.33. The van der Waals surface area contributed by atoms with Gasteiger partial charge in [0.15, 0.2) is 5.78 Å². The molecule has 1 aliphatic rings. The summed E-state index contributed by atoms with van der Waals surface area (Å²) in [6.07, 6.45) is 0.998. The van der Waals surface area contributed by atoms with Gasteiger partial charge in [-0.2, -0.15) is 0 Å². The number of Topliss-reactive ketones (excluding diaryl/α,β-unsaturated/α-hetero) is 1. The van der Waals surface area contributed by atoms with Gasteiger partial charge in [-0.15, -0.1) is 13.2 Å². The fourth-order valence-electron chi connectivity index (χ4n) is 3.09. The van der Waals surface area contributed by atoms with Crippen molar-refractivity contribution in [3.05, 3.63) is 53.6 Å². The first-order valence-electron chi connectivity index (χ1n) is 9.22. The molecule has 1 fully saturated rings. The maximum Gasteiger partial charge on any atom is 0.574 e. The molecule has 3 heterocycles. The van der Waals surface area contributed by atoms with E-state index >= 15 is 0 Å². The first kappa shape index (κ1) is 19.2. The van der Waals surface area contributed by atoms with Crippen molar-refractivity contribution in [2.75, 3.05) is 6.61 Å². The molecular formula is C20H18F3N3O3. The Labute approximate surface area is 164 Å². The van der Waals surface area contributed by atoms with Gasteiger partial charge in [0.05, 0.1) is 12.3 Å². The number of pyridine rings is 2. The van der Waals surface area contributed by atoms with Crippen LogP contribution in [0.5, 0.6) is 11.6 Å². The number of nitrogens with zero attached hydrogens (tertiary/aromatic N) is 3. The maximum atomic E-state index is 12.7. The van der Waals surface area contributed by atoms with Gasteiger partial charge in [-0.3, -0.25) is 4.79 Å². The molecule has 0 bridgehead atoms. The Hall–Kier alpha value is -3.10. The van der Waals surface area contributed by atoms with Gasteiger partial charge >= 0.3 is 6.36 Å². The molecule has 1 aliphatic carbocycles. The molecule has 0 N–H and O–H groups in total. The van der Waals surface area contributed by atoms with Crippen molar-refractivity contribution in [2.24, 2.45) is 0 Å². The molecule has 1 saturated carbocycles. The van der Waals surface area contributed by atoms with Crippen LogP contribution in [-0.4, -0.2) is 33.1 Å². The molecule has 3 aromatic heterocycles. The molecule has 0 atom stereocenters. The number of imidazole rings is 1. The Morgan fingerprint density at radius 2 is 2.03 bits per heavy atom. The highest BCUT2D eigenvalue weighted by Gasteiger charge is 2.32. The van der Waals surface area contributed by atoms with Gasteiger partial charge in [0.2, 0.25) is 5.88 Å². The zero-order chi connectivity index (χ0) is 20.6. The fraction of sp³-hybridized carbons (Fsp3) is 0.350. The molecular weight excluding hydrogens is 387 g/mol.